The summed E-state index contributed by atoms with van der Waals surface area (Å²) in [5.41, 5.74) is 0. The number of hydrogen-bond acceptors (Lipinski definition) is 5. The molecule has 4 nitrogen and oxygen atoms in total. The van der Waals surface area contributed by atoms with Crippen LogP contribution in [0.5, 0.6) is 0 Å². The average molecular weight is 266 g/mol. The maximum absolute atomic E-state index is 12.2. The van der Waals surface area contributed by atoms with Gasteiger partial charge < -0.3 is 10.6 Å². The summed E-state index contributed by atoms with van der Waals surface area (Å²) in [6.45, 7) is 2.60. The Balaban J connectivity index is 1.84. The summed E-state index contributed by atoms with van der Waals surface area (Å²) in [4.78, 5) is 3.42. The number of anilines is 1. The van der Waals surface area contributed by atoms with Gasteiger partial charge in [-0.1, -0.05) is 0 Å². The Labute approximate surface area is 101 Å². The highest BCUT2D eigenvalue weighted by Crippen LogP contribution is 2.29. The topological polar surface area (TPSA) is 49.8 Å². The molecule has 96 valence electrons. The van der Waals surface area contributed by atoms with Crippen molar-refractivity contribution in [2.75, 3.05) is 25.0 Å². The molecule has 0 aliphatic carbocycles. The minimum absolute atomic E-state index is 0.246. The highest BCUT2D eigenvalue weighted by atomic mass is 32.1. The van der Waals surface area contributed by atoms with Gasteiger partial charge in [-0.15, -0.1) is 0 Å². The number of halogens is 3. The lowest BCUT2D eigenvalue weighted by Gasteiger charge is -2.22. The van der Waals surface area contributed by atoms with E-state index in [0.717, 1.165) is 37.5 Å². The van der Waals surface area contributed by atoms with Crippen molar-refractivity contribution in [2.45, 2.75) is 19.0 Å². The molecule has 1 aromatic rings. The van der Waals surface area contributed by atoms with Crippen LogP contribution in [0.3, 0.4) is 0 Å². The van der Waals surface area contributed by atoms with Crippen molar-refractivity contribution >= 4 is 16.7 Å². The van der Waals surface area contributed by atoms with E-state index in [1.807, 2.05) is 0 Å². The highest BCUT2D eigenvalue weighted by Gasteiger charge is 2.36. The number of hydrogen-bond donors (Lipinski definition) is 2. The predicted octanol–water partition coefficient (Wildman–Crippen LogP) is 1.97. The molecule has 2 N–H and O–H groups in total. The highest BCUT2D eigenvalue weighted by molar-refractivity contribution is 7.09. The third-order valence-electron chi connectivity index (χ3n) is 2.68. The number of nitrogens with zero attached hydrogens (tertiary/aromatic N) is 2. The van der Waals surface area contributed by atoms with E-state index in [4.69, 9.17) is 0 Å². The van der Waals surface area contributed by atoms with Crippen LogP contribution < -0.4 is 10.6 Å². The molecule has 1 fully saturated rings. The Bertz CT molecular complexity index is 359. The summed E-state index contributed by atoms with van der Waals surface area (Å²) >= 11 is 0.757. The van der Waals surface area contributed by atoms with E-state index in [1.54, 1.807) is 0 Å². The number of nitrogens with one attached hydrogen (secondary N) is 2. The second-order valence-corrected chi connectivity index (χ2v) is 4.75. The summed E-state index contributed by atoms with van der Waals surface area (Å²) in [6.07, 6.45) is -2.37. The molecule has 17 heavy (non-hydrogen) atoms. The van der Waals surface area contributed by atoms with Crippen LogP contribution in [0, 0.1) is 5.92 Å². The van der Waals surface area contributed by atoms with Crippen LogP contribution in [0.15, 0.2) is 0 Å². The van der Waals surface area contributed by atoms with Crippen LogP contribution in [0.1, 0.15) is 18.7 Å². The Morgan fingerprint density at radius 2 is 2.06 bits per heavy atom. The predicted molar refractivity (Wildman–Crippen MR) is 59.0 cm³/mol. The van der Waals surface area contributed by atoms with E-state index < -0.39 is 12.0 Å². The lowest BCUT2D eigenvalue weighted by molar-refractivity contribution is -0.144. The van der Waals surface area contributed by atoms with Gasteiger partial charge in [-0.2, -0.15) is 22.5 Å². The monoisotopic (exact) mass is 266 g/mol. The van der Waals surface area contributed by atoms with Crippen LogP contribution in [-0.2, 0) is 6.18 Å². The van der Waals surface area contributed by atoms with E-state index in [9.17, 15) is 13.2 Å². The summed E-state index contributed by atoms with van der Waals surface area (Å²) in [5.74, 6) is -0.565. The van der Waals surface area contributed by atoms with Gasteiger partial charge in [0.1, 0.15) is 0 Å². The fourth-order valence-corrected chi connectivity index (χ4v) is 2.32. The van der Waals surface area contributed by atoms with Crippen molar-refractivity contribution in [3.63, 3.8) is 0 Å². The molecule has 0 bridgehead atoms. The molecule has 1 aromatic heterocycles. The molecule has 0 aromatic carbocycles. The van der Waals surface area contributed by atoms with Gasteiger partial charge in [0, 0.05) is 18.1 Å². The van der Waals surface area contributed by atoms with Gasteiger partial charge >= 0.3 is 6.18 Å². The number of aromatic nitrogens is 2. The minimum Gasteiger partial charge on any atom is -0.360 e. The van der Waals surface area contributed by atoms with Gasteiger partial charge in [0.15, 0.2) is 0 Å². The first-order chi connectivity index (χ1) is 8.05. The van der Waals surface area contributed by atoms with Crippen molar-refractivity contribution in [2.24, 2.45) is 5.92 Å². The molecule has 1 aliphatic heterocycles. The van der Waals surface area contributed by atoms with Crippen LogP contribution >= 0.6 is 11.5 Å². The average Bonchev–Trinajstić information content (AvgIpc) is 2.76. The SMILES string of the molecule is FC(F)(F)c1nsc(NCC2CCNCC2)n1. The molecule has 0 radical (unpaired) electrons. The van der Waals surface area contributed by atoms with Gasteiger partial charge in [-0.25, -0.2) is 0 Å². The van der Waals surface area contributed by atoms with Gasteiger partial charge in [-0.05, 0) is 31.8 Å². The maximum atomic E-state index is 12.2. The summed E-state index contributed by atoms with van der Waals surface area (Å²) < 4.78 is 40.0. The molecule has 1 saturated heterocycles. The zero-order valence-electron chi connectivity index (χ0n) is 9.05. The Morgan fingerprint density at radius 1 is 1.35 bits per heavy atom. The molecule has 0 atom stereocenters. The molecule has 0 amide bonds. The summed E-state index contributed by atoms with van der Waals surface area (Å²) in [5, 5.41) is 6.41. The molecular formula is C9H13F3N4S. The van der Waals surface area contributed by atoms with Gasteiger partial charge in [-0.3, -0.25) is 0 Å². The molecule has 2 rings (SSSR count). The molecule has 1 aliphatic rings. The van der Waals surface area contributed by atoms with Crippen molar-refractivity contribution in [3.8, 4) is 0 Å². The van der Waals surface area contributed by atoms with Crippen LogP contribution in [0.4, 0.5) is 18.3 Å². The Hall–Kier alpha value is -0.890. The second kappa shape index (κ2) is 5.18. The van der Waals surface area contributed by atoms with E-state index >= 15 is 0 Å². The summed E-state index contributed by atoms with van der Waals surface area (Å²) in [6, 6.07) is 0. The Kier molecular flexibility index (Phi) is 3.82. The number of rotatable bonds is 3. The number of alkyl halides is 3. The smallest absolute Gasteiger partial charge is 0.360 e. The molecule has 0 unspecified atom stereocenters. The van der Waals surface area contributed by atoms with Crippen LogP contribution in [0.25, 0.3) is 0 Å². The second-order valence-electron chi connectivity index (χ2n) is 4.00. The molecular weight excluding hydrogens is 253 g/mol. The normalized spacial score (nSPS) is 18.3. The molecule has 8 heteroatoms. The zero-order valence-corrected chi connectivity index (χ0v) is 9.87. The fraction of sp³-hybridized carbons (Fsp3) is 0.778. The molecule has 0 spiro atoms. The van der Waals surface area contributed by atoms with E-state index in [0.29, 0.717) is 12.5 Å². The molecule has 2 heterocycles. The number of piperidine rings is 1. The van der Waals surface area contributed by atoms with Crippen molar-refractivity contribution in [1.82, 2.24) is 14.7 Å². The first-order valence-corrected chi connectivity index (χ1v) is 6.18. The van der Waals surface area contributed by atoms with Crippen LogP contribution in [-0.4, -0.2) is 29.0 Å². The third kappa shape index (κ3) is 3.53. The quantitative estimate of drug-likeness (QED) is 0.878. The Morgan fingerprint density at radius 3 is 2.65 bits per heavy atom. The standard InChI is InChI=1S/C9H13F3N4S/c10-9(11,12)7-15-8(17-16-7)14-5-6-1-3-13-4-2-6/h6,13H,1-5H2,(H,14,15,16). The third-order valence-corrected chi connectivity index (χ3v) is 3.35. The largest absolute Gasteiger partial charge is 0.452 e. The molecule has 0 saturated carbocycles. The van der Waals surface area contributed by atoms with Crippen molar-refractivity contribution < 1.29 is 13.2 Å². The van der Waals surface area contributed by atoms with E-state index in [-0.39, 0.29) is 5.13 Å². The van der Waals surface area contributed by atoms with Crippen LogP contribution in [0.2, 0.25) is 0 Å². The summed E-state index contributed by atoms with van der Waals surface area (Å²) in [7, 11) is 0. The minimum atomic E-state index is -4.45. The zero-order chi connectivity index (χ0) is 12.3. The van der Waals surface area contributed by atoms with Crippen molar-refractivity contribution in [1.29, 1.82) is 0 Å². The van der Waals surface area contributed by atoms with Gasteiger partial charge in [0.2, 0.25) is 11.0 Å². The fourth-order valence-electron chi connectivity index (χ4n) is 1.73. The lowest BCUT2D eigenvalue weighted by atomic mass is 9.98. The first kappa shape index (κ1) is 12.6. The first-order valence-electron chi connectivity index (χ1n) is 5.41. The van der Waals surface area contributed by atoms with E-state index in [2.05, 4.69) is 20.0 Å². The van der Waals surface area contributed by atoms with Gasteiger partial charge in [0.25, 0.3) is 0 Å². The lowest BCUT2D eigenvalue weighted by Crippen LogP contribution is -2.31. The maximum Gasteiger partial charge on any atom is 0.452 e. The van der Waals surface area contributed by atoms with E-state index in [1.165, 1.54) is 0 Å². The van der Waals surface area contributed by atoms with Gasteiger partial charge in [0.05, 0.1) is 0 Å². The van der Waals surface area contributed by atoms with Crippen molar-refractivity contribution in [3.05, 3.63) is 5.82 Å².